The number of benzene rings is 6. The Labute approximate surface area is 336 Å². The molecule has 2 aliphatic rings. The van der Waals surface area contributed by atoms with Crippen LogP contribution in [0.15, 0.2) is 146 Å². The van der Waals surface area contributed by atoms with Crippen LogP contribution in [-0.4, -0.2) is 0 Å². The standard InChI is InChI=1S/C53H48Cl2/c1-52(2,3)46-33-44-39(31-43(46)36-15-9-7-10-16-36)32-45-47(37-19-13-14-20-37)48(38-17-11-8-12-18-38)51(53(4,5)6)49(50(44)45)40(29-34-21-25-41(54)26-22-34)30-35-23-27-42(55)28-24-35/h7-28,31-33,37H,29-30H2,1-6H3. The van der Waals surface area contributed by atoms with Gasteiger partial charge in [-0.3, -0.25) is 0 Å². The summed E-state index contributed by atoms with van der Waals surface area (Å²) >= 11 is 12.9. The Morgan fingerprint density at radius 2 is 1.13 bits per heavy atom. The lowest BCUT2D eigenvalue weighted by molar-refractivity contribution is 0.585. The molecule has 0 heterocycles. The molecular formula is C53H48Cl2. The highest BCUT2D eigenvalue weighted by Gasteiger charge is 2.31. The predicted octanol–water partition coefficient (Wildman–Crippen LogP) is 13.2. The van der Waals surface area contributed by atoms with E-state index in [2.05, 4.69) is 169 Å². The molecule has 6 aromatic rings. The summed E-state index contributed by atoms with van der Waals surface area (Å²) in [6.45, 7) is 14.2. The second-order valence-corrected chi connectivity index (χ2v) is 18.1. The number of rotatable bonds is 7. The maximum atomic E-state index is 6.47. The van der Waals surface area contributed by atoms with Crippen molar-refractivity contribution in [3.8, 4) is 22.3 Å². The lowest BCUT2D eigenvalue weighted by Crippen LogP contribution is -2.30. The molecule has 0 aliphatic heterocycles. The maximum absolute atomic E-state index is 6.47. The predicted molar refractivity (Wildman–Crippen MR) is 236 cm³/mol. The second-order valence-electron chi connectivity index (χ2n) is 17.2. The molecule has 0 saturated carbocycles. The smallest absolute Gasteiger partial charge is 0.0406 e. The molecule has 6 aromatic carbocycles. The summed E-state index contributed by atoms with van der Waals surface area (Å²) < 4.78 is 0. The number of fused-ring (bicyclic) bond motifs is 2. The Morgan fingerprint density at radius 1 is 0.600 bits per heavy atom. The van der Waals surface area contributed by atoms with E-state index in [-0.39, 0.29) is 16.7 Å². The van der Waals surface area contributed by atoms with Gasteiger partial charge in [0, 0.05) is 16.0 Å². The summed E-state index contributed by atoms with van der Waals surface area (Å²) in [4.78, 5) is 0. The summed E-state index contributed by atoms with van der Waals surface area (Å²) in [5.74, 6) is 0.149. The van der Waals surface area contributed by atoms with E-state index in [0.29, 0.717) is 0 Å². The van der Waals surface area contributed by atoms with Crippen molar-refractivity contribution in [1.29, 1.82) is 0 Å². The van der Waals surface area contributed by atoms with E-state index >= 15 is 0 Å². The SMILES string of the molecule is CC(C)(C)c1cc2c(cc1-c1ccccc1)=Cc1c(C3C=CC=C3)c(-c3ccccc3)c(C(C)(C)C)c(=C(Cc3ccc(Cl)cc3)Cc3ccc(Cl)cc3)c1=2. The van der Waals surface area contributed by atoms with E-state index in [1.165, 1.54) is 82.1 Å². The van der Waals surface area contributed by atoms with E-state index in [1.807, 2.05) is 24.3 Å². The van der Waals surface area contributed by atoms with Gasteiger partial charge in [-0.15, -0.1) is 0 Å². The topological polar surface area (TPSA) is 0 Å². The average Bonchev–Trinajstić information content (AvgIpc) is 3.83. The molecule has 0 atom stereocenters. The third-order valence-corrected chi connectivity index (χ3v) is 11.6. The fourth-order valence-electron chi connectivity index (χ4n) is 8.72. The van der Waals surface area contributed by atoms with Gasteiger partial charge in [0.2, 0.25) is 0 Å². The summed E-state index contributed by atoms with van der Waals surface area (Å²) in [6, 6.07) is 43.8. The summed E-state index contributed by atoms with van der Waals surface area (Å²) in [7, 11) is 0. The monoisotopic (exact) mass is 754 g/mol. The molecule has 0 spiro atoms. The van der Waals surface area contributed by atoms with Gasteiger partial charge in [-0.2, -0.15) is 0 Å². The molecule has 0 nitrogen and oxygen atoms in total. The van der Waals surface area contributed by atoms with Gasteiger partial charge in [0.15, 0.2) is 0 Å². The van der Waals surface area contributed by atoms with Gasteiger partial charge in [0.25, 0.3) is 0 Å². The van der Waals surface area contributed by atoms with E-state index in [9.17, 15) is 0 Å². The van der Waals surface area contributed by atoms with Crippen LogP contribution in [0.1, 0.15) is 80.8 Å². The third-order valence-electron chi connectivity index (χ3n) is 11.1. The van der Waals surface area contributed by atoms with Crippen LogP contribution in [0.4, 0.5) is 0 Å². The van der Waals surface area contributed by atoms with Gasteiger partial charge in [-0.1, -0.05) is 180 Å². The Hall–Kier alpha value is -4.88. The van der Waals surface area contributed by atoms with Gasteiger partial charge in [-0.25, -0.2) is 0 Å². The highest BCUT2D eigenvalue weighted by Crippen LogP contribution is 2.43. The van der Waals surface area contributed by atoms with Crippen molar-refractivity contribution in [2.45, 2.75) is 71.1 Å². The lowest BCUT2D eigenvalue weighted by atomic mass is 9.73. The number of halogens is 2. The molecule has 0 unspecified atom stereocenters. The minimum atomic E-state index is -0.207. The van der Waals surface area contributed by atoms with Crippen LogP contribution < -0.4 is 10.4 Å². The van der Waals surface area contributed by atoms with Crippen molar-refractivity contribution in [2.75, 3.05) is 0 Å². The van der Waals surface area contributed by atoms with Crippen molar-refractivity contribution in [2.24, 2.45) is 0 Å². The van der Waals surface area contributed by atoms with E-state index in [1.54, 1.807) is 0 Å². The summed E-state index contributed by atoms with van der Waals surface area (Å²) in [5.41, 5.74) is 14.2. The maximum Gasteiger partial charge on any atom is 0.0406 e. The summed E-state index contributed by atoms with van der Waals surface area (Å²) in [6.07, 6.45) is 13.2. The van der Waals surface area contributed by atoms with Gasteiger partial charge in [0.05, 0.1) is 0 Å². The fraction of sp³-hybridized carbons (Fsp3) is 0.208. The molecule has 8 rings (SSSR count). The Bertz CT molecular complexity index is 2620. The van der Waals surface area contributed by atoms with E-state index < -0.39 is 0 Å². The normalized spacial score (nSPS) is 13.5. The fourth-order valence-corrected chi connectivity index (χ4v) is 8.97. The van der Waals surface area contributed by atoms with Crippen LogP contribution >= 0.6 is 23.2 Å². The molecule has 0 aromatic heterocycles. The molecule has 0 fully saturated rings. The molecule has 2 aliphatic carbocycles. The van der Waals surface area contributed by atoms with Crippen LogP contribution in [0.2, 0.25) is 10.0 Å². The minimum absolute atomic E-state index is 0.0845. The van der Waals surface area contributed by atoms with Gasteiger partial charge in [-0.05, 0) is 143 Å². The molecule has 0 radical (unpaired) electrons. The van der Waals surface area contributed by atoms with Crippen LogP contribution in [0.25, 0.3) is 33.9 Å². The molecular weight excluding hydrogens is 707 g/mol. The molecule has 55 heavy (non-hydrogen) atoms. The van der Waals surface area contributed by atoms with Gasteiger partial charge >= 0.3 is 0 Å². The van der Waals surface area contributed by atoms with Crippen molar-refractivity contribution in [3.05, 3.63) is 210 Å². The number of hydrogen-bond acceptors (Lipinski definition) is 0. The second kappa shape index (κ2) is 14.6. The Balaban J connectivity index is 1.65. The van der Waals surface area contributed by atoms with Crippen molar-refractivity contribution in [1.82, 2.24) is 0 Å². The molecule has 274 valence electrons. The first-order valence-corrected chi connectivity index (χ1v) is 20.2. The Morgan fingerprint density at radius 3 is 1.64 bits per heavy atom. The highest BCUT2D eigenvalue weighted by atomic mass is 35.5. The van der Waals surface area contributed by atoms with Crippen molar-refractivity contribution in [3.63, 3.8) is 0 Å². The third kappa shape index (κ3) is 7.31. The van der Waals surface area contributed by atoms with Crippen LogP contribution in [-0.2, 0) is 23.7 Å². The van der Waals surface area contributed by atoms with Crippen LogP contribution in [0, 0.1) is 10.4 Å². The average molecular weight is 756 g/mol. The van der Waals surface area contributed by atoms with Crippen molar-refractivity contribution >= 4 is 34.9 Å². The lowest BCUT2D eigenvalue weighted by Gasteiger charge is -2.30. The highest BCUT2D eigenvalue weighted by molar-refractivity contribution is 6.30. The number of allylic oxidation sites excluding steroid dienone is 4. The molecule has 0 amide bonds. The molecule has 0 bridgehead atoms. The van der Waals surface area contributed by atoms with Gasteiger partial charge < -0.3 is 0 Å². The van der Waals surface area contributed by atoms with Gasteiger partial charge in [0.1, 0.15) is 0 Å². The first kappa shape index (κ1) is 37.1. The van der Waals surface area contributed by atoms with E-state index in [0.717, 1.165) is 22.9 Å². The van der Waals surface area contributed by atoms with Crippen LogP contribution in [0.5, 0.6) is 0 Å². The Kier molecular flexibility index (Phi) is 9.87. The first-order valence-electron chi connectivity index (χ1n) is 19.4. The first-order chi connectivity index (χ1) is 26.4. The molecule has 0 saturated heterocycles. The molecule has 0 N–H and O–H groups in total. The zero-order chi connectivity index (χ0) is 38.5. The zero-order valence-electron chi connectivity index (χ0n) is 32.7. The largest absolute Gasteiger partial charge is 0.0843 e. The molecule has 2 heteroatoms. The summed E-state index contributed by atoms with van der Waals surface area (Å²) in [5, 5.41) is 6.81. The zero-order valence-corrected chi connectivity index (χ0v) is 34.2. The van der Waals surface area contributed by atoms with Crippen molar-refractivity contribution < 1.29 is 0 Å². The minimum Gasteiger partial charge on any atom is -0.0843 e. The quantitative estimate of drug-likeness (QED) is 0.152. The van der Waals surface area contributed by atoms with E-state index in [4.69, 9.17) is 23.2 Å². The van der Waals surface area contributed by atoms with Crippen LogP contribution in [0.3, 0.4) is 0 Å². The number of hydrogen-bond donors (Lipinski definition) is 0.